The fraction of sp³-hybridized carbons (Fsp3) is 0.412. The summed E-state index contributed by atoms with van der Waals surface area (Å²) in [5, 5.41) is 8.20. The van der Waals surface area contributed by atoms with Crippen molar-refractivity contribution in [3.8, 4) is 11.3 Å². The Labute approximate surface area is 135 Å². The van der Waals surface area contributed by atoms with Crippen molar-refractivity contribution in [2.75, 3.05) is 23.7 Å². The van der Waals surface area contributed by atoms with Gasteiger partial charge >= 0.3 is 0 Å². The van der Waals surface area contributed by atoms with Crippen LogP contribution in [0.5, 0.6) is 0 Å². The van der Waals surface area contributed by atoms with Gasteiger partial charge in [-0.3, -0.25) is 4.79 Å². The average molecular weight is 311 g/mol. The van der Waals surface area contributed by atoms with Crippen LogP contribution in [0.4, 0.5) is 11.8 Å². The second-order valence-corrected chi connectivity index (χ2v) is 5.81. The molecule has 0 spiro atoms. The minimum atomic E-state index is 0.0664. The lowest BCUT2D eigenvalue weighted by Gasteiger charge is -2.33. The normalized spacial score (nSPS) is 18.0. The van der Waals surface area contributed by atoms with Gasteiger partial charge in [0.25, 0.3) is 0 Å². The zero-order valence-corrected chi connectivity index (χ0v) is 13.3. The number of carbonyl (C=O) groups is 1. The molecular formula is C17H21N5O. The van der Waals surface area contributed by atoms with Crippen LogP contribution in [0, 0.1) is 5.92 Å². The highest BCUT2D eigenvalue weighted by atomic mass is 16.1. The monoisotopic (exact) mass is 311 g/mol. The molecule has 2 heterocycles. The summed E-state index contributed by atoms with van der Waals surface area (Å²) in [6, 6.07) is 9.82. The topological polar surface area (TPSA) is 85.0 Å². The van der Waals surface area contributed by atoms with Gasteiger partial charge < -0.3 is 10.6 Å². The molecule has 1 aliphatic heterocycles. The first-order valence-electron chi connectivity index (χ1n) is 8.02. The zero-order chi connectivity index (χ0) is 16.2. The van der Waals surface area contributed by atoms with E-state index in [0.717, 1.165) is 30.6 Å². The van der Waals surface area contributed by atoms with Gasteiger partial charge in [0.15, 0.2) is 5.82 Å². The second-order valence-electron chi connectivity index (χ2n) is 5.81. The van der Waals surface area contributed by atoms with Gasteiger partial charge in [0, 0.05) is 31.0 Å². The van der Waals surface area contributed by atoms with E-state index in [0.29, 0.717) is 24.6 Å². The quantitative estimate of drug-likeness (QED) is 0.932. The van der Waals surface area contributed by atoms with E-state index in [2.05, 4.69) is 20.1 Å². The molecule has 3 rings (SSSR count). The Hall–Kier alpha value is -2.50. The Morgan fingerprint density at radius 1 is 1.30 bits per heavy atom. The predicted octanol–water partition coefficient (Wildman–Crippen LogP) is 2.32. The molecule has 120 valence electrons. The number of aromatic nitrogens is 3. The van der Waals surface area contributed by atoms with Gasteiger partial charge in [-0.05, 0) is 12.8 Å². The van der Waals surface area contributed by atoms with Crippen molar-refractivity contribution in [2.24, 2.45) is 5.92 Å². The summed E-state index contributed by atoms with van der Waals surface area (Å²) in [7, 11) is 0. The molecule has 6 heteroatoms. The lowest BCUT2D eigenvalue weighted by atomic mass is 9.92. The van der Waals surface area contributed by atoms with Gasteiger partial charge in [-0.15, -0.1) is 10.2 Å². The molecule has 1 unspecified atom stereocenters. The van der Waals surface area contributed by atoms with Crippen LogP contribution in [0.1, 0.15) is 26.2 Å². The molecule has 1 aromatic heterocycles. The number of hydrogen-bond donors (Lipinski definition) is 1. The van der Waals surface area contributed by atoms with E-state index in [1.807, 2.05) is 37.3 Å². The third-order valence-corrected chi connectivity index (χ3v) is 4.26. The first-order chi connectivity index (χ1) is 11.2. The van der Waals surface area contributed by atoms with Gasteiger partial charge in [-0.2, -0.15) is 0 Å². The second kappa shape index (κ2) is 6.73. The number of piperidine rings is 1. The molecule has 0 saturated carbocycles. The molecule has 1 atom stereocenters. The molecule has 0 aliphatic carbocycles. The van der Waals surface area contributed by atoms with Gasteiger partial charge in [0.05, 0.1) is 0 Å². The van der Waals surface area contributed by atoms with Crippen molar-refractivity contribution in [1.29, 1.82) is 0 Å². The summed E-state index contributed by atoms with van der Waals surface area (Å²) in [6.45, 7) is 3.45. The van der Waals surface area contributed by atoms with Crippen LogP contribution in [0.2, 0.25) is 0 Å². The maximum absolute atomic E-state index is 12.1. The van der Waals surface area contributed by atoms with Crippen LogP contribution >= 0.6 is 0 Å². The molecule has 0 radical (unpaired) electrons. The number of carbonyl (C=O) groups excluding carboxylic acids is 1. The standard InChI is InChI=1S/C17H21N5O/c1-2-14(23)13-9-6-10-22(11-13)16-15(19-17(18)21-20-16)12-7-4-3-5-8-12/h3-5,7-8,13H,2,6,9-11H2,1H3,(H2,18,19,21). The summed E-state index contributed by atoms with van der Waals surface area (Å²) in [5.41, 5.74) is 7.41. The van der Waals surface area contributed by atoms with Crippen molar-refractivity contribution in [1.82, 2.24) is 15.2 Å². The fourth-order valence-electron chi connectivity index (χ4n) is 3.06. The van der Waals surface area contributed by atoms with E-state index in [1.54, 1.807) is 0 Å². The Bertz CT molecular complexity index is 689. The lowest BCUT2D eigenvalue weighted by molar-refractivity contribution is -0.122. The maximum Gasteiger partial charge on any atom is 0.240 e. The lowest BCUT2D eigenvalue weighted by Crippen LogP contribution is -2.39. The fourth-order valence-corrected chi connectivity index (χ4v) is 3.06. The first-order valence-corrected chi connectivity index (χ1v) is 8.02. The number of nitrogens with zero attached hydrogens (tertiary/aromatic N) is 4. The summed E-state index contributed by atoms with van der Waals surface area (Å²) in [4.78, 5) is 18.6. The van der Waals surface area contributed by atoms with Crippen LogP contribution < -0.4 is 10.6 Å². The summed E-state index contributed by atoms with van der Waals surface area (Å²) < 4.78 is 0. The highest BCUT2D eigenvalue weighted by Crippen LogP contribution is 2.30. The van der Waals surface area contributed by atoms with Gasteiger partial charge in [-0.1, -0.05) is 37.3 Å². The number of ketones is 1. The Morgan fingerprint density at radius 2 is 2.09 bits per heavy atom. The Morgan fingerprint density at radius 3 is 2.83 bits per heavy atom. The van der Waals surface area contributed by atoms with Crippen molar-refractivity contribution in [3.05, 3.63) is 30.3 Å². The molecule has 23 heavy (non-hydrogen) atoms. The number of nitrogens with two attached hydrogens (primary N) is 1. The molecule has 1 fully saturated rings. The average Bonchev–Trinajstić information content (AvgIpc) is 2.62. The number of Topliss-reactive ketones (excluding diaryl/α,β-unsaturated/α-hetero) is 1. The highest BCUT2D eigenvalue weighted by molar-refractivity contribution is 5.82. The zero-order valence-electron chi connectivity index (χ0n) is 13.3. The minimum Gasteiger partial charge on any atom is -0.366 e. The van der Waals surface area contributed by atoms with Crippen LogP contribution in [-0.4, -0.2) is 34.1 Å². The maximum atomic E-state index is 12.1. The molecule has 0 bridgehead atoms. The van der Waals surface area contributed by atoms with Crippen LogP contribution in [-0.2, 0) is 4.79 Å². The van der Waals surface area contributed by atoms with Gasteiger partial charge in [0.1, 0.15) is 11.5 Å². The van der Waals surface area contributed by atoms with E-state index in [-0.39, 0.29) is 11.9 Å². The van der Waals surface area contributed by atoms with E-state index in [9.17, 15) is 4.79 Å². The van der Waals surface area contributed by atoms with E-state index in [4.69, 9.17) is 5.73 Å². The summed E-state index contributed by atoms with van der Waals surface area (Å²) in [5.74, 6) is 1.24. The summed E-state index contributed by atoms with van der Waals surface area (Å²) in [6.07, 6.45) is 2.49. The van der Waals surface area contributed by atoms with Crippen molar-refractivity contribution < 1.29 is 4.79 Å². The number of benzene rings is 1. The SMILES string of the molecule is CCC(=O)C1CCCN(c2nnc(N)nc2-c2ccccc2)C1. The third-order valence-electron chi connectivity index (χ3n) is 4.26. The van der Waals surface area contributed by atoms with Crippen molar-refractivity contribution in [2.45, 2.75) is 26.2 Å². The van der Waals surface area contributed by atoms with Crippen LogP contribution in [0.15, 0.2) is 30.3 Å². The first kappa shape index (κ1) is 15.4. The van der Waals surface area contributed by atoms with E-state index >= 15 is 0 Å². The molecule has 1 aliphatic rings. The number of nitrogen functional groups attached to an aromatic ring is 1. The Balaban J connectivity index is 1.95. The molecular weight excluding hydrogens is 290 g/mol. The Kier molecular flexibility index (Phi) is 4.50. The third kappa shape index (κ3) is 3.31. The molecule has 2 aromatic rings. The van der Waals surface area contributed by atoms with E-state index < -0.39 is 0 Å². The number of anilines is 2. The molecule has 1 aromatic carbocycles. The summed E-state index contributed by atoms with van der Waals surface area (Å²) >= 11 is 0. The van der Waals surface area contributed by atoms with Crippen LogP contribution in [0.25, 0.3) is 11.3 Å². The highest BCUT2D eigenvalue weighted by Gasteiger charge is 2.27. The molecule has 1 saturated heterocycles. The van der Waals surface area contributed by atoms with E-state index in [1.165, 1.54) is 0 Å². The minimum absolute atomic E-state index is 0.0664. The van der Waals surface area contributed by atoms with Crippen molar-refractivity contribution in [3.63, 3.8) is 0 Å². The molecule has 2 N–H and O–H groups in total. The largest absolute Gasteiger partial charge is 0.366 e. The smallest absolute Gasteiger partial charge is 0.240 e. The predicted molar refractivity (Wildman–Crippen MR) is 89.9 cm³/mol. The van der Waals surface area contributed by atoms with Gasteiger partial charge in [-0.25, -0.2) is 4.98 Å². The molecule has 6 nitrogen and oxygen atoms in total. The van der Waals surface area contributed by atoms with Gasteiger partial charge in [0.2, 0.25) is 5.95 Å². The number of hydrogen-bond acceptors (Lipinski definition) is 6. The number of rotatable bonds is 4. The van der Waals surface area contributed by atoms with Crippen LogP contribution in [0.3, 0.4) is 0 Å². The van der Waals surface area contributed by atoms with Crippen molar-refractivity contribution >= 4 is 17.5 Å². The molecule has 0 amide bonds.